The fourth-order valence-electron chi connectivity index (χ4n) is 1.85. The van der Waals surface area contributed by atoms with Gasteiger partial charge < -0.3 is 0 Å². The summed E-state index contributed by atoms with van der Waals surface area (Å²) in [5.74, 6) is -0.361. The summed E-state index contributed by atoms with van der Waals surface area (Å²) in [6, 6.07) is 5.04. The third kappa shape index (κ3) is 5.84. The lowest BCUT2D eigenvalue weighted by molar-refractivity contribution is 0.564. The minimum absolute atomic E-state index is 0.361. The Morgan fingerprint density at radius 1 is 1.00 bits per heavy atom. The first-order chi connectivity index (χ1) is 7.83. The van der Waals surface area contributed by atoms with E-state index >= 15 is 0 Å². The highest BCUT2D eigenvalue weighted by Crippen LogP contribution is 2.09. The molecule has 1 rings (SSSR count). The average Bonchev–Trinajstić information content (AvgIpc) is 2.28. The molecule has 0 aliphatic rings. The molecule has 16 heavy (non-hydrogen) atoms. The second-order valence-corrected chi connectivity index (χ2v) is 4.32. The predicted octanol–water partition coefficient (Wildman–Crippen LogP) is 4.51. The Morgan fingerprint density at radius 3 is 2.38 bits per heavy atom. The molecule has 1 aromatic heterocycles. The number of pyridine rings is 1. The van der Waals surface area contributed by atoms with E-state index in [1.807, 2.05) is 6.07 Å². The van der Waals surface area contributed by atoms with Crippen LogP contribution in [-0.2, 0) is 6.42 Å². The van der Waals surface area contributed by atoms with Crippen molar-refractivity contribution in [3.63, 3.8) is 0 Å². The minimum atomic E-state index is -0.361. The molecular weight excluding hydrogens is 201 g/mol. The van der Waals surface area contributed by atoms with Crippen molar-refractivity contribution < 1.29 is 4.39 Å². The molecule has 0 N–H and O–H groups in total. The van der Waals surface area contributed by atoms with Gasteiger partial charge in [-0.05, 0) is 25.0 Å². The molecule has 0 saturated carbocycles. The highest BCUT2D eigenvalue weighted by atomic mass is 19.1. The van der Waals surface area contributed by atoms with E-state index in [1.54, 1.807) is 6.07 Å². The minimum Gasteiger partial charge on any atom is -0.225 e. The maximum absolute atomic E-state index is 12.8. The van der Waals surface area contributed by atoms with E-state index in [2.05, 4.69) is 11.9 Å². The lowest BCUT2D eigenvalue weighted by Gasteiger charge is -2.01. The van der Waals surface area contributed by atoms with Crippen LogP contribution in [0.1, 0.15) is 57.6 Å². The van der Waals surface area contributed by atoms with Crippen molar-refractivity contribution >= 4 is 0 Å². The van der Waals surface area contributed by atoms with E-state index in [0.29, 0.717) is 0 Å². The van der Waals surface area contributed by atoms with Crippen molar-refractivity contribution in [2.45, 2.75) is 58.3 Å². The molecular formula is C14H22FN. The Balaban J connectivity index is 2.03. The molecule has 90 valence electrons. The van der Waals surface area contributed by atoms with Crippen LogP contribution in [0.15, 0.2) is 18.2 Å². The van der Waals surface area contributed by atoms with Crippen LogP contribution in [0.3, 0.4) is 0 Å². The van der Waals surface area contributed by atoms with Crippen LogP contribution < -0.4 is 0 Å². The van der Waals surface area contributed by atoms with E-state index in [1.165, 1.54) is 44.6 Å². The van der Waals surface area contributed by atoms with Crippen molar-refractivity contribution in [2.75, 3.05) is 0 Å². The predicted molar refractivity (Wildman–Crippen MR) is 65.9 cm³/mol. The van der Waals surface area contributed by atoms with Gasteiger partial charge in [0.15, 0.2) is 0 Å². The largest absolute Gasteiger partial charge is 0.225 e. The summed E-state index contributed by atoms with van der Waals surface area (Å²) in [6.45, 7) is 2.23. The first kappa shape index (κ1) is 13.1. The van der Waals surface area contributed by atoms with Gasteiger partial charge >= 0.3 is 0 Å². The number of rotatable bonds is 8. The number of aryl methyl sites for hydroxylation is 1. The van der Waals surface area contributed by atoms with Gasteiger partial charge in [0.1, 0.15) is 0 Å². The normalized spacial score (nSPS) is 10.6. The number of unbranched alkanes of at least 4 members (excludes halogenated alkanes) is 6. The molecule has 2 heteroatoms. The van der Waals surface area contributed by atoms with Gasteiger partial charge in [0.2, 0.25) is 5.95 Å². The Labute approximate surface area is 98.1 Å². The molecule has 0 unspecified atom stereocenters. The topological polar surface area (TPSA) is 12.9 Å². The van der Waals surface area contributed by atoms with Crippen LogP contribution in [0, 0.1) is 5.95 Å². The summed E-state index contributed by atoms with van der Waals surface area (Å²) in [7, 11) is 0. The standard InChI is InChI=1S/C14H22FN/c1-2-3-4-5-6-7-8-10-13-11-9-12-14(15)16-13/h9,11-12H,2-8,10H2,1H3. The molecule has 1 aromatic rings. The third-order valence-corrected chi connectivity index (χ3v) is 2.81. The molecule has 0 aromatic carbocycles. The van der Waals surface area contributed by atoms with Crippen LogP contribution in [0.4, 0.5) is 4.39 Å². The number of halogens is 1. The van der Waals surface area contributed by atoms with Gasteiger partial charge in [0.25, 0.3) is 0 Å². The maximum atomic E-state index is 12.8. The van der Waals surface area contributed by atoms with Crippen LogP contribution in [0.5, 0.6) is 0 Å². The van der Waals surface area contributed by atoms with Gasteiger partial charge in [0, 0.05) is 5.69 Å². The molecule has 0 radical (unpaired) electrons. The molecule has 0 aliphatic carbocycles. The van der Waals surface area contributed by atoms with E-state index in [4.69, 9.17) is 0 Å². The molecule has 0 amide bonds. The third-order valence-electron chi connectivity index (χ3n) is 2.81. The van der Waals surface area contributed by atoms with Crippen LogP contribution in [0.25, 0.3) is 0 Å². The smallest absolute Gasteiger partial charge is 0.213 e. The van der Waals surface area contributed by atoms with E-state index in [9.17, 15) is 4.39 Å². The zero-order valence-electron chi connectivity index (χ0n) is 10.2. The average molecular weight is 223 g/mol. The van der Waals surface area contributed by atoms with Crippen molar-refractivity contribution in [1.82, 2.24) is 4.98 Å². The number of hydrogen-bond acceptors (Lipinski definition) is 1. The highest BCUT2D eigenvalue weighted by Gasteiger charge is 1.97. The molecule has 0 saturated heterocycles. The van der Waals surface area contributed by atoms with Gasteiger partial charge in [-0.25, -0.2) is 4.98 Å². The highest BCUT2D eigenvalue weighted by molar-refractivity contribution is 5.04. The lowest BCUT2D eigenvalue weighted by atomic mass is 10.1. The van der Waals surface area contributed by atoms with E-state index in [0.717, 1.165) is 18.5 Å². The van der Waals surface area contributed by atoms with Gasteiger partial charge in [0.05, 0.1) is 0 Å². The van der Waals surface area contributed by atoms with E-state index < -0.39 is 0 Å². The second kappa shape index (κ2) is 8.26. The van der Waals surface area contributed by atoms with Crippen molar-refractivity contribution in [2.24, 2.45) is 0 Å². The summed E-state index contributed by atoms with van der Waals surface area (Å²) in [6.07, 6.45) is 9.92. The molecule has 0 bridgehead atoms. The Bertz CT molecular complexity index is 286. The molecule has 0 fully saturated rings. The second-order valence-electron chi connectivity index (χ2n) is 4.32. The summed E-state index contributed by atoms with van der Waals surface area (Å²) >= 11 is 0. The monoisotopic (exact) mass is 223 g/mol. The zero-order chi connectivity index (χ0) is 11.6. The lowest BCUT2D eigenvalue weighted by Crippen LogP contribution is -1.92. The van der Waals surface area contributed by atoms with Crippen molar-refractivity contribution in [3.8, 4) is 0 Å². The first-order valence-corrected chi connectivity index (χ1v) is 6.44. The summed E-state index contributed by atoms with van der Waals surface area (Å²) in [5, 5.41) is 0. The molecule has 1 heterocycles. The van der Waals surface area contributed by atoms with Crippen LogP contribution in [-0.4, -0.2) is 4.98 Å². The fraction of sp³-hybridized carbons (Fsp3) is 0.643. The maximum Gasteiger partial charge on any atom is 0.213 e. The van der Waals surface area contributed by atoms with Gasteiger partial charge in [-0.2, -0.15) is 4.39 Å². The number of aromatic nitrogens is 1. The summed E-state index contributed by atoms with van der Waals surface area (Å²) in [5.41, 5.74) is 0.883. The zero-order valence-corrected chi connectivity index (χ0v) is 10.2. The van der Waals surface area contributed by atoms with Crippen LogP contribution >= 0.6 is 0 Å². The van der Waals surface area contributed by atoms with Crippen molar-refractivity contribution in [3.05, 3.63) is 29.8 Å². The van der Waals surface area contributed by atoms with E-state index in [-0.39, 0.29) is 5.95 Å². The Kier molecular flexibility index (Phi) is 6.78. The Hall–Kier alpha value is -0.920. The number of hydrogen-bond donors (Lipinski definition) is 0. The SMILES string of the molecule is CCCCCCCCCc1cccc(F)n1. The van der Waals surface area contributed by atoms with Gasteiger partial charge in [-0.3, -0.25) is 0 Å². The summed E-state index contributed by atoms with van der Waals surface area (Å²) < 4.78 is 12.8. The molecule has 0 aliphatic heterocycles. The number of nitrogens with zero attached hydrogens (tertiary/aromatic N) is 1. The quantitative estimate of drug-likeness (QED) is 0.466. The molecule has 0 atom stereocenters. The van der Waals surface area contributed by atoms with Crippen molar-refractivity contribution in [1.29, 1.82) is 0 Å². The molecule has 0 spiro atoms. The van der Waals surface area contributed by atoms with Crippen LogP contribution in [0.2, 0.25) is 0 Å². The van der Waals surface area contributed by atoms with Gasteiger partial charge in [-0.15, -0.1) is 0 Å². The fourth-order valence-corrected chi connectivity index (χ4v) is 1.85. The Morgan fingerprint density at radius 2 is 1.69 bits per heavy atom. The first-order valence-electron chi connectivity index (χ1n) is 6.44. The molecule has 1 nitrogen and oxygen atoms in total. The summed E-state index contributed by atoms with van der Waals surface area (Å²) in [4.78, 5) is 3.85. The van der Waals surface area contributed by atoms with Gasteiger partial charge in [-0.1, -0.05) is 51.5 Å².